The number of nitrogens with two attached hydrogens (primary N) is 1. The first-order valence-electron chi connectivity index (χ1n) is 12.5. The summed E-state index contributed by atoms with van der Waals surface area (Å²) in [6.45, 7) is 18.9. The summed E-state index contributed by atoms with van der Waals surface area (Å²) in [5.41, 5.74) is 7.96. The summed E-state index contributed by atoms with van der Waals surface area (Å²) in [6, 6.07) is 10.1. The first-order chi connectivity index (χ1) is 15.4. The van der Waals surface area contributed by atoms with E-state index >= 15 is 0 Å². The monoisotopic (exact) mass is 457 g/mol. The lowest BCUT2D eigenvalue weighted by molar-refractivity contribution is -0.122. The van der Waals surface area contributed by atoms with Crippen LogP contribution in [0.15, 0.2) is 54.6 Å². The highest BCUT2D eigenvalue weighted by Crippen LogP contribution is 2.33. The molecular formula is C30H51NO2. The molecule has 3 nitrogen and oxygen atoms in total. The molecule has 0 radical (unpaired) electrons. The van der Waals surface area contributed by atoms with Crippen molar-refractivity contribution in [3.63, 3.8) is 0 Å². The van der Waals surface area contributed by atoms with Gasteiger partial charge in [0.1, 0.15) is 5.78 Å². The Morgan fingerprint density at radius 1 is 1.21 bits per heavy atom. The molecule has 0 heterocycles. The number of benzene rings is 1. The minimum Gasteiger partial charge on any atom is -0.380 e. The average Bonchev–Trinajstić information content (AvgIpc) is 2.76. The second-order valence-electron chi connectivity index (χ2n) is 10.5. The zero-order valence-corrected chi connectivity index (χ0v) is 22.7. The Kier molecular flexibility index (Phi) is 16.0. The van der Waals surface area contributed by atoms with Crippen LogP contribution >= 0.6 is 0 Å². The molecule has 1 aromatic carbocycles. The molecule has 4 atom stereocenters. The van der Waals surface area contributed by atoms with Crippen molar-refractivity contribution in [3.05, 3.63) is 60.2 Å². The fourth-order valence-electron chi connectivity index (χ4n) is 3.75. The topological polar surface area (TPSA) is 52.3 Å². The number of Topliss-reactive ketones (excluding diaryl/α,β-unsaturated/α-hetero) is 1. The van der Waals surface area contributed by atoms with Gasteiger partial charge in [0.15, 0.2) is 0 Å². The zero-order chi connectivity index (χ0) is 25.4. The normalized spacial score (nSPS) is 23.9. The standard InChI is InChI=1S/C17H30O.C8H10O.C5H11N/c1-12-7-6-8-13(2)14(3)11-17(10-9-12)15(4)16(5)18;1-9-7-8-5-3-2-4-6-8;1-4-5(2,3)6/h7,13-15,17H,6,8-11H2,1-5H3;2-6H,7H2,1H3;4H,1,6H2,2-3H3/b12-7+;;/t13?,14?,15-,17?;;/m1../s1. The van der Waals surface area contributed by atoms with Gasteiger partial charge in [0.2, 0.25) is 0 Å². The van der Waals surface area contributed by atoms with Crippen molar-refractivity contribution in [2.24, 2.45) is 29.4 Å². The summed E-state index contributed by atoms with van der Waals surface area (Å²) < 4.78 is 4.93. The summed E-state index contributed by atoms with van der Waals surface area (Å²) in [4.78, 5) is 11.7. The summed E-state index contributed by atoms with van der Waals surface area (Å²) in [5.74, 6) is 2.67. The zero-order valence-electron chi connectivity index (χ0n) is 22.7. The molecule has 3 unspecified atom stereocenters. The highest BCUT2D eigenvalue weighted by atomic mass is 16.5. The van der Waals surface area contributed by atoms with E-state index in [1.807, 2.05) is 44.2 Å². The van der Waals surface area contributed by atoms with Crippen LogP contribution in [0.5, 0.6) is 0 Å². The summed E-state index contributed by atoms with van der Waals surface area (Å²) in [6.07, 6.45) is 10.2. The summed E-state index contributed by atoms with van der Waals surface area (Å²) in [5, 5.41) is 0. The smallest absolute Gasteiger partial charge is 0.132 e. The van der Waals surface area contributed by atoms with Crippen molar-refractivity contribution in [2.45, 2.75) is 92.7 Å². The number of rotatable bonds is 5. The first kappa shape index (κ1) is 31.3. The predicted octanol–water partition coefficient (Wildman–Crippen LogP) is 7.75. The number of allylic oxidation sites excluding steroid dienone is 2. The molecule has 0 bridgehead atoms. The van der Waals surface area contributed by atoms with Crippen molar-refractivity contribution >= 4 is 5.78 Å². The molecule has 1 aliphatic carbocycles. The van der Waals surface area contributed by atoms with Gasteiger partial charge in [-0.3, -0.25) is 4.79 Å². The van der Waals surface area contributed by atoms with Gasteiger partial charge < -0.3 is 10.5 Å². The maximum Gasteiger partial charge on any atom is 0.132 e. The van der Waals surface area contributed by atoms with Crippen molar-refractivity contribution < 1.29 is 9.53 Å². The fraction of sp³-hybridized carbons (Fsp3) is 0.633. The van der Waals surface area contributed by atoms with E-state index in [2.05, 4.69) is 40.3 Å². The van der Waals surface area contributed by atoms with E-state index in [-0.39, 0.29) is 11.5 Å². The van der Waals surface area contributed by atoms with Crippen LogP contribution < -0.4 is 5.73 Å². The van der Waals surface area contributed by atoms with Crippen LogP contribution in [0.25, 0.3) is 0 Å². The third-order valence-electron chi connectivity index (χ3n) is 6.70. The van der Waals surface area contributed by atoms with Crippen LogP contribution in [-0.4, -0.2) is 18.4 Å². The Labute approximate surface area is 204 Å². The van der Waals surface area contributed by atoms with Crippen LogP contribution in [-0.2, 0) is 16.1 Å². The third kappa shape index (κ3) is 15.7. The van der Waals surface area contributed by atoms with Crippen LogP contribution in [0.3, 0.4) is 0 Å². The summed E-state index contributed by atoms with van der Waals surface area (Å²) >= 11 is 0. The van der Waals surface area contributed by atoms with Gasteiger partial charge >= 0.3 is 0 Å². The Bertz CT molecular complexity index is 687. The molecular weight excluding hydrogens is 406 g/mol. The maximum absolute atomic E-state index is 11.7. The van der Waals surface area contributed by atoms with Crippen molar-refractivity contribution in [1.82, 2.24) is 0 Å². The second-order valence-corrected chi connectivity index (χ2v) is 10.5. The fourth-order valence-corrected chi connectivity index (χ4v) is 3.75. The molecule has 0 aliphatic heterocycles. The highest BCUT2D eigenvalue weighted by molar-refractivity contribution is 5.78. The van der Waals surface area contributed by atoms with E-state index in [9.17, 15) is 4.79 Å². The Hall–Kier alpha value is -1.71. The minimum absolute atomic E-state index is 0.194. The minimum atomic E-state index is -0.194. The number of ketones is 1. The molecule has 33 heavy (non-hydrogen) atoms. The van der Waals surface area contributed by atoms with Gasteiger partial charge in [-0.1, -0.05) is 68.8 Å². The van der Waals surface area contributed by atoms with Gasteiger partial charge in [-0.05, 0) is 83.1 Å². The van der Waals surface area contributed by atoms with Gasteiger partial charge in [0.05, 0.1) is 6.61 Å². The molecule has 2 rings (SSSR count). The van der Waals surface area contributed by atoms with Gasteiger partial charge in [-0.25, -0.2) is 0 Å². The molecule has 0 amide bonds. The first-order valence-corrected chi connectivity index (χ1v) is 12.5. The molecule has 0 saturated carbocycles. The van der Waals surface area contributed by atoms with Crippen molar-refractivity contribution in [2.75, 3.05) is 7.11 Å². The number of methoxy groups -OCH3 is 1. The van der Waals surface area contributed by atoms with E-state index in [4.69, 9.17) is 10.5 Å². The predicted molar refractivity (Wildman–Crippen MR) is 144 cm³/mol. The average molecular weight is 458 g/mol. The van der Waals surface area contributed by atoms with Gasteiger partial charge in [-0.2, -0.15) is 0 Å². The van der Waals surface area contributed by atoms with Gasteiger partial charge in [-0.15, -0.1) is 6.58 Å². The maximum atomic E-state index is 11.7. The molecule has 0 fully saturated rings. The number of hydrogen-bond donors (Lipinski definition) is 1. The van der Waals surface area contributed by atoms with Gasteiger partial charge in [0.25, 0.3) is 0 Å². The number of ether oxygens (including phenoxy) is 1. The Morgan fingerprint density at radius 3 is 2.27 bits per heavy atom. The van der Waals surface area contributed by atoms with E-state index in [0.717, 1.165) is 11.8 Å². The van der Waals surface area contributed by atoms with Crippen LogP contribution in [0, 0.1) is 23.7 Å². The van der Waals surface area contributed by atoms with Crippen LogP contribution in [0.1, 0.15) is 86.1 Å². The molecule has 3 heteroatoms. The lowest BCUT2D eigenvalue weighted by Gasteiger charge is -2.29. The lowest BCUT2D eigenvalue weighted by atomic mass is 9.76. The molecule has 188 valence electrons. The number of carbonyl (C=O) groups excluding carboxylic acids is 1. The Morgan fingerprint density at radius 2 is 1.79 bits per heavy atom. The largest absolute Gasteiger partial charge is 0.380 e. The lowest BCUT2D eigenvalue weighted by Crippen LogP contribution is -2.27. The quantitative estimate of drug-likeness (QED) is 0.460. The second kappa shape index (κ2) is 16.8. The van der Waals surface area contributed by atoms with Crippen molar-refractivity contribution in [3.8, 4) is 0 Å². The van der Waals surface area contributed by atoms with Gasteiger partial charge in [0, 0.05) is 18.6 Å². The van der Waals surface area contributed by atoms with Crippen molar-refractivity contribution in [1.29, 1.82) is 0 Å². The molecule has 2 N–H and O–H groups in total. The van der Waals surface area contributed by atoms with E-state index in [1.165, 1.54) is 43.2 Å². The molecule has 1 aliphatic rings. The molecule has 0 spiro atoms. The highest BCUT2D eigenvalue weighted by Gasteiger charge is 2.25. The molecule has 0 aromatic heterocycles. The summed E-state index contributed by atoms with van der Waals surface area (Å²) in [7, 11) is 1.70. The van der Waals surface area contributed by atoms with E-state index in [0.29, 0.717) is 18.3 Å². The number of hydrogen-bond acceptors (Lipinski definition) is 3. The third-order valence-corrected chi connectivity index (χ3v) is 6.70. The molecule has 1 aromatic rings. The number of carbonyl (C=O) groups is 1. The molecule has 0 saturated heterocycles. The SMILES string of the molecule is C=CC(C)(C)N.CC(=O)[C@@H](C)C1CC/C(C)=C/CCC(C)C(C)C1.COCc1ccccc1. The Balaban J connectivity index is 0.000000563. The van der Waals surface area contributed by atoms with Crippen LogP contribution in [0.4, 0.5) is 0 Å². The van der Waals surface area contributed by atoms with E-state index in [1.54, 1.807) is 20.1 Å². The van der Waals surface area contributed by atoms with E-state index < -0.39 is 0 Å². The van der Waals surface area contributed by atoms with Crippen LogP contribution in [0.2, 0.25) is 0 Å².